The van der Waals surface area contributed by atoms with Gasteiger partial charge in [0, 0.05) is 12.1 Å². The molecule has 2 heterocycles. The zero-order valence-corrected chi connectivity index (χ0v) is 17.6. The van der Waals surface area contributed by atoms with Crippen LogP contribution in [-0.4, -0.2) is 29.4 Å². The van der Waals surface area contributed by atoms with Gasteiger partial charge in [0.1, 0.15) is 12.6 Å². The summed E-state index contributed by atoms with van der Waals surface area (Å²) in [7, 11) is 0. The second kappa shape index (κ2) is 7.64. The molecular formula is C26H22N2O4. The molecule has 0 aliphatic carbocycles. The van der Waals surface area contributed by atoms with Gasteiger partial charge in [-0.15, -0.1) is 0 Å². The standard InChI is InChI=1S/C26H22N2O4/c1-26(16-23(29)28-22(17-32-25(28)31)18-10-4-2-5-11-18)20-14-8-9-15-21(20)27(24(26)30)19-12-6-3-7-13-19/h2-15,22H,16-17H2,1H3/t22-,26+/m1/s1. The number of carbonyl (C=O) groups excluding carboxylic acids is 3. The fourth-order valence-electron chi connectivity index (χ4n) is 4.62. The summed E-state index contributed by atoms with van der Waals surface area (Å²) in [5.41, 5.74) is 1.98. The van der Waals surface area contributed by atoms with Crippen LogP contribution in [0.2, 0.25) is 0 Å². The maximum atomic E-state index is 13.7. The Labute approximate surface area is 186 Å². The molecule has 32 heavy (non-hydrogen) atoms. The van der Waals surface area contributed by atoms with Crippen LogP contribution in [0.3, 0.4) is 0 Å². The summed E-state index contributed by atoms with van der Waals surface area (Å²) in [6.07, 6.45) is -0.809. The largest absolute Gasteiger partial charge is 0.446 e. The Hall–Kier alpha value is -3.93. The topological polar surface area (TPSA) is 66.9 Å². The Morgan fingerprint density at radius 3 is 2.28 bits per heavy atom. The lowest BCUT2D eigenvalue weighted by molar-refractivity contribution is -0.134. The number of imide groups is 1. The number of hydrogen-bond donors (Lipinski definition) is 0. The maximum absolute atomic E-state index is 13.7. The smallest absolute Gasteiger partial charge is 0.417 e. The van der Waals surface area contributed by atoms with E-state index >= 15 is 0 Å². The molecule has 0 unspecified atom stereocenters. The van der Waals surface area contributed by atoms with Crippen molar-refractivity contribution >= 4 is 29.3 Å². The summed E-state index contributed by atoms with van der Waals surface area (Å²) >= 11 is 0. The molecule has 0 N–H and O–H groups in total. The normalized spacial score (nSPS) is 22.1. The highest BCUT2D eigenvalue weighted by molar-refractivity contribution is 6.14. The SMILES string of the molecule is C[C@@]1(CC(=O)N2C(=O)OC[C@@H]2c2ccccc2)C(=O)N(c2ccccc2)c2ccccc21. The highest BCUT2D eigenvalue weighted by Gasteiger charge is 2.51. The van der Waals surface area contributed by atoms with Crippen LogP contribution in [0.25, 0.3) is 0 Å². The van der Waals surface area contributed by atoms with Crippen LogP contribution in [0.15, 0.2) is 84.9 Å². The van der Waals surface area contributed by atoms with Gasteiger partial charge in [0.05, 0.1) is 11.1 Å². The van der Waals surface area contributed by atoms with Crippen molar-refractivity contribution in [3.05, 3.63) is 96.1 Å². The molecule has 6 heteroatoms. The molecule has 0 radical (unpaired) electrons. The first kappa shape index (κ1) is 20.0. The lowest BCUT2D eigenvalue weighted by Crippen LogP contribution is -2.43. The van der Waals surface area contributed by atoms with Gasteiger partial charge in [-0.1, -0.05) is 66.7 Å². The zero-order valence-electron chi connectivity index (χ0n) is 17.6. The Kier molecular flexibility index (Phi) is 4.78. The number of para-hydroxylation sites is 2. The van der Waals surface area contributed by atoms with Crippen molar-refractivity contribution < 1.29 is 19.1 Å². The molecule has 2 aliphatic rings. The number of hydrogen-bond acceptors (Lipinski definition) is 4. The Bertz CT molecular complexity index is 1190. The zero-order chi connectivity index (χ0) is 22.3. The van der Waals surface area contributed by atoms with Gasteiger partial charge in [-0.05, 0) is 36.2 Å². The molecule has 0 aromatic heterocycles. The van der Waals surface area contributed by atoms with Crippen molar-refractivity contribution in [1.82, 2.24) is 4.90 Å². The summed E-state index contributed by atoms with van der Waals surface area (Å²) in [5.74, 6) is -0.621. The first-order valence-electron chi connectivity index (χ1n) is 10.5. The van der Waals surface area contributed by atoms with E-state index in [-0.39, 0.29) is 18.9 Å². The molecule has 0 spiro atoms. The van der Waals surface area contributed by atoms with E-state index in [0.717, 1.165) is 27.4 Å². The fourth-order valence-corrected chi connectivity index (χ4v) is 4.62. The van der Waals surface area contributed by atoms with Crippen molar-refractivity contribution in [3.8, 4) is 0 Å². The molecule has 6 nitrogen and oxygen atoms in total. The van der Waals surface area contributed by atoms with Gasteiger partial charge in [-0.3, -0.25) is 14.5 Å². The average molecular weight is 426 g/mol. The first-order chi connectivity index (χ1) is 15.5. The predicted molar refractivity (Wildman–Crippen MR) is 119 cm³/mol. The van der Waals surface area contributed by atoms with E-state index in [9.17, 15) is 14.4 Å². The van der Waals surface area contributed by atoms with Gasteiger partial charge in [0.15, 0.2) is 0 Å². The molecular weight excluding hydrogens is 404 g/mol. The Morgan fingerprint density at radius 1 is 0.938 bits per heavy atom. The molecule has 1 saturated heterocycles. The Balaban J connectivity index is 1.50. The summed E-state index contributed by atoms with van der Waals surface area (Å²) in [5, 5.41) is 0. The third kappa shape index (κ3) is 3.07. The molecule has 3 amide bonds. The molecule has 1 fully saturated rings. The van der Waals surface area contributed by atoms with E-state index in [2.05, 4.69) is 0 Å². The monoisotopic (exact) mass is 426 g/mol. The average Bonchev–Trinajstić information content (AvgIpc) is 3.31. The van der Waals surface area contributed by atoms with Gasteiger partial charge < -0.3 is 4.74 Å². The van der Waals surface area contributed by atoms with Crippen LogP contribution in [0, 0.1) is 0 Å². The summed E-state index contributed by atoms with van der Waals surface area (Å²) in [4.78, 5) is 42.4. The van der Waals surface area contributed by atoms with Crippen molar-refractivity contribution in [1.29, 1.82) is 0 Å². The third-order valence-corrected chi connectivity index (χ3v) is 6.26. The summed E-state index contributed by atoms with van der Waals surface area (Å²) in [6, 6.07) is 25.7. The van der Waals surface area contributed by atoms with Gasteiger partial charge in [-0.2, -0.15) is 0 Å². The minimum atomic E-state index is -1.10. The van der Waals surface area contributed by atoms with E-state index < -0.39 is 23.5 Å². The second-order valence-corrected chi connectivity index (χ2v) is 8.27. The number of carbonyl (C=O) groups is 3. The van der Waals surface area contributed by atoms with Crippen molar-refractivity contribution in [3.63, 3.8) is 0 Å². The second-order valence-electron chi connectivity index (χ2n) is 8.27. The van der Waals surface area contributed by atoms with E-state index in [1.54, 1.807) is 11.8 Å². The van der Waals surface area contributed by atoms with Crippen molar-refractivity contribution in [2.24, 2.45) is 0 Å². The van der Waals surface area contributed by atoms with Crippen molar-refractivity contribution in [2.75, 3.05) is 11.5 Å². The number of benzene rings is 3. The molecule has 3 aromatic rings. The minimum Gasteiger partial charge on any atom is -0.446 e. The lowest BCUT2D eigenvalue weighted by atomic mass is 9.80. The fraction of sp³-hybridized carbons (Fsp3) is 0.192. The minimum absolute atomic E-state index is 0.103. The van der Waals surface area contributed by atoms with Gasteiger partial charge in [0.2, 0.25) is 11.8 Å². The van der Waals surface area contributed by atoms with E-state index in [0.29, 0.717) is 0 Å². The van der Waals surface area contributed by atoms with E-state index in [4.69, 9.17) is 4.74 Å². The number of anilines is 2. The van der Waals surface area contributed by atoms with Crippen LogP contribution >= 0.6 is 0 Å². The number of cyclic esters (lactones) is 1. The molecule has 0 bridgehead atoms. The maximum Gasteiger partial charge on any atom is 0.417 e. The van der Waals surface area contributed by atoms with Crippen LogP contribution in [0.5, 0.6) is 0 Å². The van der Waals surface area contributed by atoms with Crippen LogP contribution in [0.1, 0.15) is 30.5 Å². The molecule has 3 aromatic carbocycles. The summed E-state index contributed by atoms with van der Waals surface area (Å²) in [6.45, 7) is 1.87. The van der Waals surface area contributed by atoms with Crippen LogP contribution in [0.4, 0.5) is 16.2 Å². The third-order valence-electron chi connectivity index (χ3n) is 6.26. The molecule has 2 aliphatic heterocycles. The molecule has 160 valence electrons. The first-order valence-corrected chi connectivity index (χ1v) is 10.5. The predicted octanol–water partition coefficient (Wildman–Crippen LogP) is 4.73. The van der Waals surface area contributed by atoms with Gasteiger partial charge in [-0.25, -0.2) is 9.69 Å². The van der Waals surface area contributed by atoms with E-state index in [1.807, 2.05) is 84.9 Å². The quantitative estimate of drug-likeness (QED) is 0.605. The lowest BCUT2D eigenvalue weighted by Gasteiger charge is -2.27. The van der Waals surface area contributed by atoms with Crippen molar-refractivity contribution in [2.45, 2.75) is 24.8 Å². The van der Waals surface area contributed by atoms with Crippen LogP contribution < -0.4 is 4.90 Å². The highest BCUT2D eigenvalue weighted by Crippen LogP contribution is 2.47. The molecule has 2 atom stereocenters. The Morgan fingerprint density at radius 2 is 1.56 bits per heavy atom. The number of rotatable bonds is 4. The number of nitrogens with zero attached hydrogens (tertiary/aromatic N) is 2. The highest BCUT2D eigenvalue weighted by atomic mass is 16.6. The van der Waals surface area contributed by atoms with Gasteiger partial charge >= 0.3 is 6.09 Å². The number of ether oxygens (including phenoxy) is 1. The number of fused-ring (bicyclic) bond motifs is 1. The van der Waals surface area contributed by atoms with E-state index in [1.165, 1.54) is 0 Å². The molecule has 0 saturated carbocycles. The number of amides is 3. The van der Waals surface area contributed by atoms with Crippen LogP contribution in [-0.2, 0) is 19.7 Å². The molecule has 5 rings (SSSR count). The van der Waals surface area contributed by atoms with Gasteiger partial charge in [0.25, 0.3) is 0 Å². The summed E-state index contributed by atoms with van der Waals surface area (Å²) < 4.78 is 5.21.